The first-order valence-electron chi connectivity index (χ1n) is 5.09. The van der Waals surface area contributed by atoms with Crippen molar-refractivity contribution < 1.29 is 19.0 Å². The van der Waals surface area contributed by atoms with Gasteiger partial charge >= 0.3 is 5.97 Å². The molecule has 0 saturated heterocycles. The molecule has 0 heterocycles. The molecule has 0 spiro atoms. The Balaban J connectivity index is 2.75. The Kier molecular flexibility index (Phi) is 4.28. The summed E-state index contributed by atoms with van der Waals surface area (Å²) in [5.74, 6) is -0.533. The minimum atomic E-state index is -0.862. The van der Waals surface area contributed by atoms with Gasteiger partial charge in [-0.05, 0) is 43.0 Å². The molecule has 1 N–H and O–H groups in total. The van der Waals surface area contributed by atoms with Gasteiger partial charge in [0.1, 0.15) is 11.6 Å². The van der Waals surface area contributed by atoms with Gasteiger partial charge in [-0.15, -0.1) is 0 Å². The van der Waals surface area contributed by atoms with Crippen molar-refractivity contribution in [2.24, 2.45) is 0 Å². The molecule has 0 atom stereocenters. The van der Waals surface area contributed by atoms with E-state index in [1.54, 1.807) is 13.0 Å². The van der Waals surface area contributed by atoms with Crippen LogP contribution in [0.2, 0.25) is 0 Å². The average molecular weight is 226 g/mol. The van der Waals surface area contributed by atoms with E-state index in [0.29, 0.717) is 24.2 Å². The van der Waals surface area contributed by atoms with Crippen LogP contribution in [0.4, 0.5) is 4.39 Å². The van der Waals surface area contributed by atoms with Crippen molar-refractivity contribution in [2.75, 3.05) is 7.11 Å². The molecule has 0 fully saturated rings. The maximum absolute atomic E-state index is 13.5. The van der Waals surface area contributed by atoms with Gasteiger partial charge in [0.05, 0.1) is 7.11 Å². The Morgan fingerprint density at radius 3 is 2.75 bits per heavy atom. The van der Waals surface area contributed by atoms with Gasteiger partial charge in [-0.1, -0.05) is 0 Å². The summed E-state index contributed by atoms with van der Waals surface area (Å²) < 4.78 is 18.6. The third-order valence-corrected chi connectivity index (χ3v) is 2.40. The van der Waals surface area contributed by atoms with Gasteiger partial charge in [-0.3, -0.25) is 4.79 Å². The van der Waals surface area contributed by atoms with E-state index in [1.165, 1.54) is 13.2 Å². The monoisotopic (exact) mass is 226 g/mol. The number of methoxy groups -OCH3 is 1. The van der Waals surface area contributed by atoms with E-state index in [9.17, 15) is 9.18 Å². The fourth-order valence-corrected chi connectivity index (χ4v) is 1.54. The minimum absolute atomic E-state index is 0.0512. The second-order valence-electron chi connectivity index (χ2n) is 3.66. The van der Waals surface area contributed by atoms with Crippen molar-refractivity contribution in [1.29, 1.82) is 0 Å². The summed E-state index contributed by atoms with van der Waals surface area (Å²) in [4.78, 5) is 10.3. The van der Waals surface area contributed by atoms with Crippen LogP contribution in [-0.4, -0.2) is 18.2 Å². The number of carboxylic acids is 1. The summed E-state index contributed by atoms with van der Waals surface area (Å²) in [7, 11) is 1.53. The third-order valence-electron chi connectivity index (χ3n) is 2.40. The van der Waals surface area contributed by atoms with Crippen LogP contribution in [0.1, 0.15) is 24.0 Å². The van der Waals surface area contributed by atoms with Gasteiger partial charge < -0.3 is 9.84 Å². The highest BCUT2D eigenvalue weighted by atomic mass is 19.1. The molecule has 0 unspecified atom stereocenters. The first-order valence-corrected chi connectivity index (χ1v) is 5.09. The molecule has 0 aliphatic rings. The van der Waals surface area contributed by atoms with E-state index >= 15 is 0 Å². The lowest BCUT2D eigenvalue weighted by atomic mass is 10.0. The maximum atomic E-state index is 13.5. The number of carboxylic acid groups (broad SMARTS) is 1. The van der Waals surface area contributed by atoms with Gasteiger partial charge in [-0.2, -0.15) is 0 Å². The van der Waals surface area contributed by atoms with Gasteiger partial charge in [0.25, 0.3) is 0 Å². The molecule has 16 heavy (non-hydrogen) atoms. The molecule has 0 radical (unpaired) electrons. The normalized spacial score (nSPS) is 10.2. The topological polar surface area (TPSA) is 46.5 Å². The summed E-state index contributed by atoms with van der Waals surface area (Å²) in [6.07, 6.45) is 0.892. The molecule has 0 amide bonds. The Morgan fingerprint density at radius 2 is 2.19 bits per heavy atom. The van der Waals surface area contributed by atoms with Crippen molar-refractivity contribution in [3.8, 4) is 5.75 Å². The number of aliphatic carboxylic acids is 1. The molecule has 0 saturated carbocycles. The molecular weight excluding hydrogens is 211 g/mol. The highest BCUT2D eigenvalue weighted by Crippen LogP contribution is 2.23. The molecule has 0 aromatic heterocycles. The van der Waals surface area contributed by atoms with Gasteiger partial charge in [-0.25, -0.2) is 4.39 Å². The standard InChI is InChI=1S/C12H15FO3/c1-8-6-10(13)9(7-11(8)16-2)4-3-5-12(14)15/h6-7H,3-5H2,1-2H3,(H,14,15). The predicted octanol–water partition coefficient (Wildman–Crippen LogP) is 2.55. The van der Waals surface area contributed by atoms with Crippen LogP contribution in [0, 0.1) is 12.7 Å². The van der Waals surface area contributed by atoms with E-state index in [0.717, 1.165) is 5.56 Å². The van der Waals surface area contributed by atoms with E-state index in [-0.39, 0.29) is 12.2 Å². The van der Waals surface area contributed by atoms with Gasteiger partial charge in [0.15, 0.2) is 0 Å². The van der Waals surface area contributed by atoms with Crippen LogP contribution >= 0.6 is 0 Å². The van der Waals surface area contributed by atoms with Gasteiger partial charge in [0.2, 0.25) is 0 Å². The molecule has 0 bridgehead atoms. The summed E-state index contributed by atoms with van der Waals surface area (Å²) in [5.41, 5.74) is 1.24. The van der Waals surface area contributed by atoms with Crippen LogP contribution in [0.5, 0.6) is 5.75 Å². The zero-order valence-corrected chi connectivity index (χ0v) is 9.42. The number of benzene rings is 1. The van der Waals surface area contributed by atoms with Crippen molar-refractivity contribution in [1.82, 2.24) is 0 Å². The molecule has 1 aromatic carbocycles. The Bertz CT molecular complexity index is 388. The number of hydrogen-bond acceptors (Lipinski definition) is 2. The summed E-state index contributed by atoms with van der Waals surface area (Å²) in [6.45, 7) is 1.77. The molecule has 1 rings (SSSR count). The molecule has 1 aromatic rings. The first-order chi connectivity index (χ1) is 7.54. The smallest absolute Gasteiger partial charge is 0.303 e. The fourth-order valence-electron chi connectivity index (χ4n) is 1.54. The lowest BCUT2D eigenvalue weighted by Gasteiger charge is -2.08. The minimum Gasteiger partial charge on any atom is -0.496 e. The summed E-state index contributed by atoms with van der Waals surface area (Å²) in [5, 5.41) is 8.49. The number of hydrogen-bond donors (Lipinski definition) is 1. The van der Waals surface area contributed by atoms with Crippen LogP contribution in [0.25, 0.3) is 0 Å². The molecule has 88 valence electrons. The zero-order valence-electron chi connectivity index (χ0n) is 9.42. The third kappa shape index (κ3) is 3.22. The van der Waals surface area contributed by atoms with Crippen molar-refractivity contribution >= 4 is 5.97 Å². The SMILES string of the molecule is COc1cc(CCCC(=O)O)c(F)cc1C. The van der Waals surface area contributed by atoms with Crippen LogP contribution < -0.4 is 4.74 Å². The van der Waals surface area contributed by atoms with Crippen molar-refractivity contribution in [2.45, 2.75) is 26.2 Å². The van der Waals surface area contributed by atoms with Crippen LogP contribution in [0.15, 0.2) is 12.1 Å². The number of ether oxygens (including phenoxy) is 1. The number of rotatable bonds is 5. The Morgan fingerprint density at radius 1 is 1.50 bits per heavy atom. The van der Waals surface area contributed by atoms with Crippen molar-refractivity contribution in [3.05, 3.63) is 29.1 Å². The molecule has 4 heteroatoms. The van der Waals surface area contributed by atoms with E-state index in [2.05, 4.69) is 0 Å². The van der Waals surface area contributed by atoms with Crippen molar-refractivity contribution in [3.63, 3.8) is 0 Å². The highest BCUT2D eigenvalue weighted by Gasteiger charge is 2.08. The maximum Gasteiger partial charge on any atom is 0.303 e. The van der Waals surface area contributed by atoms with Crippen LogP contribution in [-0.2, 0) is 11.2 Å². The summed E-state index contributed by atoms with van der Waals surface area (Å²) >= 11 is 0. The van der Waals surface area contributed by atoms with E-state index in [4.69, 9.17) is 9.84 Å². The highest BCUT2D eigenvalue weighted by molar-refractivity contribution is 5.66. The molecule has 0 aliphatic carbocycles. The second kappa shape index (κ2) is 5.49. The molecule has 3 nitrogen and oxygen atoms in total. The fraction of sp³-hybridized carbons (Fsp3) is 0.417. The second-order valence-corrected chi connectivity index (χ2v) is 3.66. The number of aryl methyl sites for hydroxylation is 2. The Labute approximate surface area is 93.9 Å². The largest absolute Gasteiger partial charge is 0.496 e. The average Bonchev–Trinajstić information content (AvgIpc) is 2.20. The van der Waals surface area contributed by atoms with E-state index < -0.39 is 5.97 Å². The van der Waals surface area contributed by atoms with E-state index in [1.807, 2.05) is 0 Å². The lowest BCUT2D eigenvalue weighted by molar-refractivity contribution is -0.137. The quantitative estimate of drug-likeness (QED) is 0.839. The van der Waals surface area contributed by atoms with Gasteiger partial charge in [0, 0.05) is 6.42 Å². The predicted molar refractivity (Wildman–Crippen MR) is 58.3 cm³/mol. The van der Waals surface area contributed by atoms with Crippen LogP contribution in [0.3, 0.4) is 0 Å². The summed E-state index contributed by atoms with van der Waals surface area (Å²) in [6, 6.07) is 3.04. The molecule has 0 aliphatic heterocycles. The molecular formula is C12H15FO3. The number of carbonyl (C=O) groups is 1. The first kappa shape index (κ1) is 12.5. The Hall–Kier alpha value is -1.58. The number of halogens is 1. The lowest BCUT2D eigenvalue weighted by Crippen LogP contribution is -1.99. The zero-order chi connectivity index (χ0) is 12.1.